The number of hydrogen-bond donors (Lipinski definition) is 0. The van der Waals surface area contributed by atoms with Crippen molar-refractivity contribution >= 4 is 0 Å². The van der Waals surface area contributed by atoms with Gasteiger partial charge in [-0.3, -0.25) is 0 Å². The molecule has 1 atom stereocenters. The maximum Gasteiger partial charge on any atom is 0.341 e. The van der Waals surface area contributed by atoms with Gasteiger partial charge in [-0.25, -0.2) is 4.39 Å². The lowest BCUT2D eigenvalue weighted by Gasteiger charge is -2.29. The van der Waals surface area contributed by atoms with Gasteiger partial charge in [0.1, 0.15) is 0 Å². The first kappa shape index (κ1) is 12.6. The molecule has 0 aromatic heterocycles. The molecule has 1 nitrogen and oxygen atoms in total. The molecule has 80 valence electrons. The SMILES string of the molecule is CC(F)C(F)(F)C(F)(F)CN(C)C. The van der Waals surface area contributed by atoms with Crippen LogP contribution >= 0.6 is 0 Å². The molecule has 1 unspecified atom stereocenters. The standard InChI is InChI=1S/C7H12F5N/c1-5(8)7(11,12)6(9,10)4-13(2)3/h5H,4H2,1-3H3. The van der Waals surface area contributed by atoms with Gasteiger partial charge in [-0.1, -0.05) is 0 Å². The first-order valence-corrected chi connectivity index (χ1v) is 3.65. The van der Waals surface area contributed by atoms with Crippen LogP contribution in [0, 0.1) is 0 Å². The Labute approximate surface area is 73.5 Å². The smallest absolute Gasteiger partial charge is 0.303 e. The number of nitrogens with zero attached hydrogens (tertiary/aromatic N) is 1. The van der Waals surface area contributed by atoms with Crippen molar-refractivity contribution in [3.05, 3.63) is 0 Å². The van der Waals surface area contributed by atoms with Crippen molar-refractivity contribution in [2.24, 2.45) is 0 Å². The number of rotatable bonds is 4. The summed E-state index contributed by atoms with van der Waals surface area (Å²) in [6.45, 7) is -0.752. The summed E-state index contributed by atoms with van der Waals surface area (Å²) in [5, 5.41) is 0. The van der Waals surface area contributed by atoms with E-state index in [1.54, 1.807) is 0 Å². The molecule has 0 heterocycles. The van der Waals surface area contributed by atoms with Gasteiger partial charge in [-0.15, -0.1) is 0 Å². The van der Waals surface area contributed by atoms with Gasteiger partial charge in [0.15, 0.2) is 6.17 Å². The van der Waals surface area contributed by atoms with Gasteiger partial charge >= 0.3 is 11.8 Å². The number of alkyl halides is 5. The Kier molecular flexibility index (Phi) is 3.66. The van der Waals surface area contributed by atoms with Crippen LogP contribution in [0.15, 0.2) is 0 Å². The van der Waals surface area contributed by atoms with Gasteiger partial charge in [0, 0.05) is 0 Å². The predicted molar refractivity (Wildman–Crippen MR) is 39.0 cm³/mol. The average Bonchev–Trinajstić information content (AvgIpc) is 1.83. The maximum atomic E-state index is 12.7. The lowest BCUT2D eigenvalue weighted by atomic mass is 10.1. The first-order chi connectivity index (χ1) is 5.61. The van der Waals surface area contributed by atoms with E-state index >= 15 is 0 Å². The predicted octanol–water partition coefficient (Wildman–Crippen LogP) is 2.18. The molecule has 0 rings (SSSR count). The van der Waals surface area contributed by atoms with Crippen molar-refractivity contribution in [2.45, 2.75) is 24.9 Å². The van der Waals surface area contributed by atoms with Crippen LogP contribution in [-0.2, 0) is 0 Å². The van der Waals surface area contributed by atoms with Crippen molar-refractivity contribution in [3.8, 4) is 0 Å². The third kappa shape index (κ3) is 2.79. The molecule has 0 radical (unpaired) electrons. The zero-order chi connectivity index (χ0) is 10.9. The Bertz CT molecular complexity index is 166. The van der Waals surface area contributed by atoms with Crippen molar-refractivity contribution in [2.75, 3.05) is 20.6 Å². The molecule has 13 heavy (non-hydrogen) atoms. The summed E-state index contributed by atoms with van der Waals surface area (Å²) in [7, 11) is 2.43. The molecule has 0 aromatic carbocycles. The van der Waals surface area contributed by atoms with Crippen molar-refractivity contribution < 1.29 is 22.0 Å². The molecule has 0 aliphatic carbocycles. The van der Waals surface area contributed by atoms with Gasteiger partial charge in [0.2, 0.25) is 0 Å². The highest BCUT2D eigenvalue weighted by molar-refractivity contribution is 4.90. The van der Waals surface area contributed by atoms with Crippen molar-refractivity contribution in [3.63, 3.8) is 0 Å². The fourth-order valence-corrected chi connectivity index (χ4v) is 0.794. The molecular weight excluding hydrogens is 193 g/mol. The highest BCUT2D eigenvalue weighted by Crippen LogP contribution is 2.38. The van der Waals surface area contributed by atoms with Crippen LogP contribution in [-0.4, -0.2) is 43.6 Å². The van der Waals surface area contributed by atoms with Gasteiger partial charge in [-0.05, 0) is 21.0 Å². The van der Waals surface area contributed by atoms with Gasteiger partial charge in [-0.2, -0.15) is 17.6 Å². The molecule has 0 aliphatic rings. The summed E-state index contributed by atoms with van der Waals surface area (Å²) in [5.74, 6) is -8.96. The first-order valence-electron chi connectivity index (χ1n) is 3.65. The molecule has 0 spiro atoms. The van der Waals surface area contributed by atoms with Crippen molar-refractivity contribution in [1.29, 1.82) is 0 Å². The molecule has 6 heteroatoms. The molecule has 0 fully saturated rings. The Morgan fingerprint density at radius 3 is 1.77 bits per heavy atom. The molecule has 0 amide bonds. The molecule has 0 aliphatic heterocycles. The third-order valence-corrected chi connectivity index (χ3v) is 1.50. The van der Waals surface area contributed by atoms with E-state index < -0.39 is 24.6 Å². The minimum atomic E-state index is -4.61. The van der Waals surface area contributed by atoms with Crippen LogP contribution < -0.4 is 0 Å². The second-order valence-electron chi connectivity index (χ2n) is 3.18. The lowest BCUT2D eigenvalue weighted by Crippen LogP contribution is -2.52. The third-order valence-electron chi connectivity index (χ3n) is 1.50. The lowest BCUT2D eigenvalue weighted by molar-refractivity contribution is -0.239. The van der Waals surface area contributed by atoms with E-state index in [1.807, 2.05) is 0 Å². The summed E-state index contributed by atoms with van der Waals surface area (Å²) in [6, 6.07) is 0. The van der Waals surface area contributed by atoms with E-state index in [1.165, 1.54) is 14.1 Å². The van der Waals surface area contributed by atoms with E-state index in [0.29, 0.717) is 6.92 Å². The summed E-state index contributed by atoms with van der Waals surface area (Å²) < 4.78 is 62.6. The zero-order valence-electron chi connectivity index (χ0n) is 7.62. The van der Waals surface area contributed by atoms with Crippen LogP contribution in [0.3, 0.4) is 0 Å². The normalized spacial score (nSPS) is 16.4. The highest BCUT2D eigenvalue weighted by atomic mass is 19.3. The molecule has 0 aromatic rings. The van der Waals surface area contributed by atoms with Gasteiger partial charge in [0.05, 0.1) is 6.54 Å². The highest BCUT2D eigenvalue weighted by Gasteiger charge is 2.60. The summed E-state index contributed by atoms with van der Waals surface area (Å²) in [4.78, 5) is 0.885. The quantitative estimate of drug-likeness (QED) is 0.636. The second kappa shape index (κ2) is 3.77. The van der Waals surface area contributed by atoms with E-state index in [-0.39, 0.29) is 0 Å². The largest absolute Gasteiger partial charge is 0.341 e. The monoisotopic (exact) mass is 205 g/mol. The number of halogens is 5. The van der Waals surface area contributed by atoms with Crippen LogP contribution in [0.1, 0.15) is 6.92 Å². The topological polar surface area (TPSA) is 3.24 Å². The Balaban J connectivity index is 4.60. The van der Waals surface area contributed by atoms with Crippen LogP contribution in [0.4, 0.5) is 22.0 Å². The molecular formula is C7H12F5N. The van der Waals surface area contributed by atoms with Crippen LogP contribution in [0.2, 0.25) is 0 Å². The molecule has 0 bridgehead atoms. The maximum absolute atomic E-state index is 12.7. The summed E-state index contributed by atoms with van der Waals surface area (Å²) in [6.07, 6.45) is -2.86. The van der Waals surface area contributed by atoms with E-state index in [2.05, 4.69) is 0 Å². The Morgan fingerprint density at radius 1 is 1.15 bits per heavy atom. The Morgan fingerprint density at radius 2 is 1.54 bits per heavy atom. The zero-order valence-corrected chi connectivity index (χ0v) is 7.62. The Hall–Kier alpha value is -0.390. The molecule has 0 saturated carbocycles. The van der Waals surface area contributed by atoms with E-state index in [0.717, 1.165) is 4.90 Å². The summed E-state index contributed by atoms with van der Waals surface area (Å²) >= 11 is 0. The number of hydrogen-bond acceptors (Lipinski definition) is 1. The van der Waals surface area contributed by atoms with Crippen LogP contribution in [0.5, 0.6) is 0 Å². The molecule has 0 N–H and O–H groups in total. The van der Waals surface area contributed by atoms with Crippen molar-refractivity contribution in [1.82, 2.24) is 4.90 Å². The van der Waals surface area contributed by atoms with Gasteiger partial charge in [0.25, 0.3) is 0 Å². The minimum Gasteiger partial charge on any atom is -0.303 e. The average molecular weight is 205 g/mol. The van der Waals surface area contributed by atoms with Gasteiger partial charge < -0.3 is 4.90 Å². The summed E-state index contributed by atoms with van der Waals surface area (Å²) in [5.41, 5.74) is 0. The minimum absolute atomic E-state index is 0.420. The fraction of sp³-hybridized carbons (Fsp3) is 1.00. The van der Waals surface area contributed by atoms with E-state index in [4.69, 9.17) is 0 Å². The van der Waals surface area contributed by atoms with E-state index in [9.17, 15) is 22.0 Å². The second-order valence-corrected chi connectivity index (χ2v) is 3.18. The fourth-order valence-electron chi connectivity index (χ4n) is 0.794. The van der Waals surface area contributed by atoms with Crippen LogP contribution in [0.25, 0.3) is 0 Å². The molecule has 0 saturated heterocycles.